The normalized spacial score (nSPS) is 20.7. The Balaban J connectivity index is 1.78. The minimum absolute atomic E-state index is 0.0137. The summed E-state index contributed by atoms with van der Waals surface area (Å²) in [6, 6.07) is 8.45. The number of amides is 1. The SMILES string of the molecule is COC(=O)c1[nH]c(C)c(C(O)=C2C(=O)C(=O)N(CCN3CCOCC3)[C@H]2c2ccccc2)c1C. The van der Waals surface area contributed by atoms with E-state index in [4.69, 9.17) is 9.47 Å². The van der Waals surface area contributed by atoms with Gasteiger partial charge in [0.25, 0.3) is 11.7 Å². The number of benzene rings is 1. The Hall–Kier alpha value is -3.43. The summed E-state index contributed by atoms with van der Waals surface area (Å²) in [5, 5.41) is 11.4. The Morgan fingerprint density at radius 2 is 1.82 bits per heavy atom. The predicted molar refractivity (Wildman–Crippen MR) is 124 cm³/mol. The number of nitrogens with zero attached hydrogens (tertiary/aromatic N) is 2. The maximum absolute atomic E-state index is 13.2. The van der Waals surface area contributed by atoms with Gasteiger partial charge in [0, 0.05) is 37.4 Å². The molecule has 0 radical (unpaired) electrons. The second-order valence-corrected chi connectivity index (χ2v) is 8.47. The maximum atomic E-state index is 13.2. The second-order valence-electron chi connectivity index (χ2n) is 8.47. The summed E-state index contributed by atoms with van der Waals surface area (Å²) >= 11 is 0. The summed E-state index contributed by atoms with van der Waals surface area (Å²) in [5.74, 6) is -2.27. The van der Waals surface area contributed by atoms with Crippen LogP contribution in [0.5, 0.6) is 0 Å². The van der Waals surface area contributed by atoms with Crippen LogP contribution >= 0.6 is 0 Å². The van der Waals surface area contributed by atoms with Crippen molar-refractivity contribution >= 4 is 23.4 Å². The van der Waals surface area contributed by atoms with Crippen molar-refractivity contribution in [2.24, 2.45) is 0 Å². The molecule has 2 saturated heterocycles. The van der Waals surface area contributed by atoms with Crippen LogP contribution in [0.15, 0.2) is 35.9 Å². The van der Waals surface area contributed by atoms with Gasteiger partial charge in [-0.2, -0.15) is 0 Å². The van der Waals surface area contributed by atoms with Gasteiger partial charge in [-0.3, -0.25) is 14.5 Å². The number of aromatic nitrogens is 1. The van der Waals surface area contributed by atoms with E-state index in [9.17, 15) is 19.5 Å². The molecule has 1 amide bonds. The highest BCUT2D eigenvalue weighted by Gasteiger charge is 2.46. The molecule has 9 heteroatoms. The number of aromatic amines is 1. The molecule has 1 aromatic heterocycles. The van der Waals surface area contributed by atoms with E-state index in [1.807, 2.05) is 30.3 Å². The van der Waals surface area contributed by atoms with Crippen molar-refractivity contribution in [1.29, 1.82) is 0 Å². The van der Waals surface area contributed by atoms with Gasteiger partial charge in [-0.1, -0.05) is 30.3 Å². The number of carbonyl (C=O) groups excluding carboxylic acids is 3. The molecule has 1 aromatic carbocycles. The Bertz CT molecular complexity index is 1130. The Morgan fingerprint density at radius 3 is 2.47 bits per heavy atom. The highest BCUT2D eigenvalue weighted by atomic mass is 16.5. The number of esters is 1. The van der Waals surface area contributed by atoms with E-state index in [1.165, 1.54) is 12.0 Å². The topological polar surface area (TPSA) is 112 Å². The van der Waals surface area contributed by atoms with Crippen molar-refractivity contribution in [3.63, 3.8) is 0 Å². The number of likely N-dealkylation sites (tertiary alicyclic amines) is 1. The summed E-state index contributed by atoms with van der Waals surface area (Å²) in [4.78, 5) is 45.2. The lowest BCUT2D eigenvalue weighted by Crippen LogP contribution is -2.42. The molecule has 4 rings (SSSR count). The number of Topliss-reactive ketones (excluding diaryl/α,β-unsaturated/α-hetero) is 1. The zero-order chi connectivity index (χ0) is 24.4. The molecule has 2 aliphatic heterocycles. The van der Waals surface area contributed by atoms with Gasteiger partial charge in [0.05, 0.1) is 31.9 Å². The van der Waals surface area contributed by atoms with Crippen LogP contribution in [-0.4, -0.2) is 84.1 Å². The number of ketones is 1. The molecule has 1 atom stereocenters. The molecule has 34 heavy (non-hydrogen) atoms. The van der Waals surface area contributed by atoms with Crippen LogP contribution in [0.4, 0.5) is 0 Å². The van der Waals surface area contributed by atoms with E-state index in [2.05, 4.69) is 9.88 Å². The van der Waals surface area contributed by atoms with Gasteiger partial charge >= 0.3 is 5.97 Å². The maximum Gasteiger partial charge on any atom is 0.354 e. The molecule has 0 spiro atoms. The lowest BCUT2D eigenvalue weighted by molar-refractivity contribution is -0.140. The number of methoxy groups -OCH3 is 1. The number of hydrogen-bond acceptors (Lipinski definition) is 7. The molecule has 2 aromatic rings. The van der Waals surface area contributed by atoms with Crippen molar-refractivity contribution in [1.82, 2.24) is 14.8 Å². The summed E-state index contributed by atoms with van der Waals surface area (Å²) in [5.41, 5.74) is 2.21. The smallest absolute Gasteiger partial charge is 0.354 e. The highest BCUT2D eigenvalue weighted by molar-refractivity contribution is 6.46. The first-order valence-corrected chi connectivity index (χ1v) is 11.3. The highest BCUT2D eigenvalue weighted by Crippen LogP contribution is 2.40. The number of ether oxygens (including phenoxy) is 2. The Morgan fingerprint density at radius 1 is 1.15 bits per heavy atom. The van der Waals surface area contributed by atoms with Crippen molar-refractivity contribution < 1.29 is 29.0 Å². The van der Waals surface area contributed by atoms with Gasteiger partial charge in [-0.05, 0) is 25.0 Å². The molecule has 2 aliphatic rings. The monoisotopic (exact) mass is 467 g/mol. The van der Waals surface area contributed by atoms with Crippen LogP contribution in [0.3, 0.4) is 0 Å². The van der Waals surface area contributed by atoms with Crippen molar-refractivity contribution in [2.45, 2.75) is 19.9 Å². The van der Waals surface area contributed by atoms with Crippen LogP contribution in [-0.2, 0) is 19.1 Å². The van der Waals surface area contributed by atoms with Crippen LogP contribution in [0.1, 0.15) is 38.9 Å². The summed E-state index contributed by atoms with van der Waals surface area (Å²) in [7, 11) is 1.27. The van der Waals surface area contributed by atoms with Gasteiger partial charge in [0.2, 0.25) is 0 Å². The molecule has 3 heterocycles. The van der Waals surface area contributed by atoms with Crippen LogP contribution in [0, 0.1) is 13.8 Å². The van der Waals surface area contributed by atoms with Crippen LogP contribution in [0.25, 0.3) is 5.76 Å². The van der Waals surface area contributed by atoms with E-state index < -0.39 is 23.7 Å². The van der Waals surface area contributed by atoms with Crippen LogP contribution < -0.4 is 0 Å². The lowest BCUT2D eigenvalue weighted by Gasteiger charge is -2.31. The molecule has 2 N–H and O–H groups in total. The third-order valence-corrected chi connectivity index (χ3v) is 6.48. The number of carbonyl (C=O) groups is 3. The van der Waals surface area contributed by atoms with E-state index in [0.29, 0.717) is 43.1 Å². The zero-order valence-corrected chi connectivity index (χ0v) is 19.6. The number of rotatable bonds is 6. The molecule has 0 unspecified atom stereocenters. The number of H-pyrrole nitrogens is 1. The predicted octanol–water partition coefficient (Wildman–Crippen LogP) is 2.17. The zero-order valence-electron chi connectivity index (χ0n) is 19.6. The number of nitrogens with one attached hydrogen (secondary N) is 1. The fourth-order valence-electron chi connectivity index (χ4n) is 4.71. The van der Waals surface area contributed by atoms with Crippen molar-refractivity contribution in [3.8, 4) is 0 Å². The first kappa shape index (κ1) is 23.7. The minimum Gasteiger partial charge on any atom is -0.507 e. The molecule has 9 nitrogen and oxygen atoms in total. The fraction of sp³-hybridized carbons (Fsp3) is 0.400. The van der Waals surface area contributed by atoms with Gasteiger partial charge in [0.1, 0.15) is 11.5 Å². The summed E-state index contributed by atoms with van der Waals surface area (Å²) in [6.45, 7) is 7.08. The van der Waals surface area contributed by atoms with Crippen molar-refractivity contribution in [3.05, 3.63) is 64.0 Å². The molecule has 2 fully saturated rings. The number of aliphatic hydroxyl groups is 1. The van der Waals surface area contributed by atoms with E-state index in [0.717, 1.165) is 18.7 Å². The molecule has 0 saturated carbocycles. The standard InChI is InChI=1S/C25H29N3O6/c1-15-18(16(2)26-20(15)25(32)33-3)22(29)19-21(17-7-5-4-6-8-17)28(24(31)23(19)30)10-9-27-11-13-34-14-12-27/h4-8,21,26,29H,9-14H2,1-3H3/t21-/m0/s1. The Kier molecular flexibility index (Phi) is 6.85. The first-order chi connectivity index (χ1) is 16.3. The third kappa shape index (κ3) is 4.24. The van der Waals surface area contributed by atoms with Crippen LogP contribution in [0.2, 0.25) is 0 Å². The molecular formula is C25H29N3O6. The van der Waals surface area contributed by atoms with Gasteiger partial charge < -0.3 is 24.5 Å². The van der Waals surface area contributed by atoms with Crippen molar-refractivity contribution in [2.75, 3.05) is 46.5 Å². The van der Waals surface area contributed by atoms with E-state index in [-0.39, 0.29) is 17.0 Å². The molecule has 180 valence electrons. The Labute approximate surface area is 197 Å². The minimum atomic E-state index is -0.743. The number of aryl methyl sites for hydroxylation is 1. The number of aliphatic hydroxyl groups excluding tert-OH is 1. The van der Waals surface area contributed by atoms with Gasteiger partial charge in [-0.25, -0.2) is 4.79 Å². The average Bonchev–Trinajstić information content (AvgIpc) is 3.30. The molecule has 0 aliphatic carbocycles. The largest absolute Gasteiger partial charge is 0.507 e. The van der Waals surface area contributed by atoms with Gasteiger partial charge in [0.15, 0.2) is 0 Å². The second kappa shape index (κ2) is 9.82. The molecule has 0 bridgehead atoms. The number of hydrogen-bond donors (Lipinski definition) is 2. The summed E-state index contributed by atoms with van der Waals surface area (Å²) in [6.07, 6.45) is 0. The van der Waals surface area contributed by atoms with E-state index >= 15 is 0 Å². The third-order valence-electron chi connectivity index (χ3n) is 6.48. The summed E-state index contributed by atoms with van der Waals surface area (Å²) < 4.78 is 10.2. The quantitative estimate of drug-likeness (QED) is 0.290. The first-order valence-electron chi connectivity index (χ1n) is 11.3. The molecular weight excluding hydrogens is 438 g/mol. The van der Waals surface area contributed by atoms with E-state index in [1.54, 1.807) is 13.8 Å². The number of morpholine rings is 1. The average molecular weight is 468 g/mol. The van der Waals surface area contributed by atoms with Gasteiger partial charge in [-0.15, -0.1) is 0 Å². The lowest BCUT2D eigenvalue weighted by atomic mass is 9.94. The fourth-order valence-corrected chi connectivity index (χ4v) is 4.71.